The summed E-state index contributed by atoms with van der Waals surface area (Å²) >= 11 is 9.02. The molecule has 2 heterocycles. The number of carbonyl (C=O) groups excluding carboxylic acids is 2. The van der Waals surface area contributed by atoms with Crippen molar-refractivity contribution in [3.63, 3.8) is 0 Å². The van der Waals surface area contributed by atoms with Crippen LogP contribution in [0.25, 0.3) is 10.6 Å². The van der Waals surface area contributed by atoms with Gasteiger partial charge in [0.15, 0.2) is 6.61 Å². The molecule has 0 atom stereocenters. The van der Waals surface area contributed by atoms with Crippen LogP contribution in [-0.4, -0.2) is 23.5 Å². The second-order valence-electron chi connectivity index (χ2n) is 5.02. The second-order valence-corrected chi connectivity index (χ2v) is 7.07. The molecule has 5 nitrogen and oxygen atoms in total. The highest BCUT2D eigenvalue weighted by Gasteiger charge is 2.13. The SMILES string of the molecule is O=C(COC(=O)Cc1csc(-c2ccsc2)n1)Nc1ccccc1Cl. The van der Waals surface area contributed by atoms with Crippen molar-refractivity contribution in [2.75, 3.05) is 11.9 Å². The quantitative estimate of drug-likeness (QED) is 0.637. The van der Waals surface area contributed by atoms with E-state index in [1.54, 1.807) is 35.6 Å². The second kappa shape index (κ2) is 8.24. The number of thiophene rings is 1. The molecule has 0 fully saturated rings. The van der Waals surface area contributed by atoms with Crippen LogP contribution in [0.1, 0.15) is 5.69 Å². The third kappa shape index (κ3) is 4.88. The molecule has 3 rings (SSSR count). The molecule has 1 aromatic carbocycles. The van der Waals surface area contributed by atoms with Crippen molar-refractivity contribution < 1.29 is 14.3 Å². The minimum atomic E-state index is -0.503. The van der Waals surface area contributed by atoms with Crippen molar-refractivity contribution in [3.05, 3.63) is 57.2 Å². The number of thiazole rings is 1. The zero-order valence-corrected chi connectivity index (χ0v) is 15.3. The number of ether oxygens (including phenoxy) is 1. The Morgan fingerprint density at radius 1 is 1.20 bits per heavy atom. The average Bonchev–Trinajstić information content (AvgIpc) is 3.26. The van der Waals surface area contributed by atoms with E-state index >= 15 is 0 Å². The molecule has 3 aromatic rings. The molecule has 128 valence electrons. The Balaban J connectivity index is 1.48. The number of hydrogen-bond donors (Lipinski definition) is 1. The predicted molar refractivity (Wildman–Crippen MR) is 100 cm³/mol. The topological polar surface area (TPSA) is 68.3 Å². The van der Waals surface area contributed by atoms with Crippen LogP contribution in [-0.2, 0) is 20.7 Å². The van der Waals surface area contributed by atoms with Gasteiger partial charge in [-0.25, -0.2) is 4.98 Å². The summed E-state index contributed by atoms with van der Waals surface area (Å²) in [5.74, 6) is -0.949. The number of hydrogen-bond acceptors (Lipinski definition) is 6. The van der Waals surface area contributed by atoms with Crippen LogP contribution < -0.4 is 5.32 Å². The maximum Gasteiger partial charge on any atom is 0.312 e. The van der Waals surface area contributed by atoms with E-state index in [0.717, 1.165) is 10.6 Å². The summed E-state index contributed by atoms with van der Waals surface area (Å²) in [6.07, 6.45) is 0.0278. The van der Waals surface area contributed by atoms with Gasteiger partial charge in [-0.3, -0.25) is 9.59 Å². The molecule has 0 spiro atoms. The number of halogens is 1. The molecule has 2 aromatic heterocycles. The molecule has 0 aliphatic rings. The van der Waals surface area contributed by atoms with Crippen LogP contribution in [0.2, 0.25) is 5.02 Å². The van der Waals surface area contributed by atoms with Crippen molar-refractivity contribution in [2.45, 2.75) is 6.42 Å². The van der Waals surface area contributed by atoms with E-state index in [2.05, 4.69) is 10.3 Å². The van der Waals surface area contributed by atoms with Gasteiger partial charge in [-0.2, -0.15) is 11.3 Å². The van der Waals surface area contributed by atoms with Crippen molar-refractivity contribution >= 4 is 51.8 Å². The number of para-hydroxylation sites is 1. The van der Waals surface area contributed by atoms with Crippen molar-refractivity contribution in [2.24, 2.45) is 0 Å². The fourth-order valence-corrected chi connectivity index (χ4v) is 3.72. The Morgan fingerprint density at radius 3 is 2.80 bits per heavy atom. The van der Waals surface area contributed by atoms with Gasteiger partial charge in [-0.1, -0.05) is 23.7 Å². The number of nitrogens with one attached hydrogen (secondary N) is 1. The predicted octanol–water partition coefficient (Wildman–Crippen LogP) is 4.25. The van der Waals surface area contributed by atoms with E-state index in [-0.39, 0.29) is 13.0 Å². The van der Waals surface area contributed by atoms with E-state index in [1.165, 1.54) is 11.3 Å². The van der Waals surface area contributed by atoms with E-state index in [0.29, 0.717) is 16.4 Å². The minimum Gasteiger partial charge on any atom is -0.455 e. The molecule has 0 saturated carbocycles. The molecule has 0 radical (unpaired) electrons. The first-order valence-electron chi connectivity index (χ1n) is 7.29. The number of carbonyl (C=O) groups is 2. The smallest absolute Gasteiger partial charge is 0.312 e. The van der Waals surface area contributed by atoms with Crippen molar-refractivity contribution in [3.8, 4) is 10.6 Å². The summed E-state index contributed by atoms with van der Waals surface area (Å²) in [4.78, 5) is 28.1. The van der Waals surface area contributed by atoms with Crippen molar-refractivity contribution in [1.82, 2.24) is 4.98 Å². The number of esters is 1. The standard InChI is InChI=1S/C17H13ClN2O3S2/c18-13-3-1-2-4-14(13)20-15(21)8-23-16(22)7-12-10-25-17(19-12)11-5-6-24-9-11/h1-6,9-10H,7-8H2,(H,20,21). The first-order chi connectivity index (χ1) is 12.1. The maximum absolute atomic E-state index is 11.9. The summed E-state index contributed by atoms with van der Waals surface area (Å²) in [5.41, 5.74) is 2.14. The molecule has 1 N–H and O–H groups in total. The number of anilines is 1. The number of amides is 1. The zero-order chi connectivity index (χ0) is 17.6. The number of rotatable bonds is 6. The highest BCUT2D eigenvalue weighted by atomic mass is 35.5. The van der Waals surface area contributed by atoms with Gasteiger partial charge in [0, 0.05) is 16.3 Å². The van der Waals surface area contributed by atoms with Crippen LogP contribution in [0.3, 0.4) is 0 Å². The largest absolute Gasteiger partial charge is 0.455 e. The highest BCUT2D eigenvalue weighted by molar-refractivity contribution is 7.14. The molecule has 0 bridgehead atoms. The molecule has 25 heavy (non-hydrogen) atoms. The van der Waals surface area contributed by atoms with E-state index in [1.807, 2.05) is 22.2 Å². The normalized spacial score (nSPS) is 10.4. The third-order valence-corrected chi connectivity index (χ3v) is 5.11. The fourth-order valence-electron chi connectivity index (χ4n) is 2.00. The van der Waals surface area contributed by atoms with Gasteiger partial charge in [0.05, 0.1) is 22.8 Å². The zero-order valence-electron chi connectivity index (χ0n) is 12.9. The van der Waals surface area contributed by atoms with Gasteiger partial charge in [0.1, 0.15) is 5.01 Å². The third-order valence-electron chi connectivity index (χ3n) is 3.16. The van der Waals surface area contributed by atoms with Crippen LogP contribution in [0.15, 0.2) is 46.5 Å². The Kier molecular flexibility index (Phi) is 5.80. The van der Waals surface area contributed by atoms with Crippen LogP contribution in [0.5, 0.6) is 0 Å². The van der Waals surface area contributed by atoms with Gasteiger partial charge in [0.25, 0.3) is 5.91 Å². The van der Waals surface area contributed by atoms with Gasteiger partial charge >= 0.3 is 5.97 Å². The van der Waals surface area contributed by atoms with Gasteiger partial charge < -0.3 is 10.1 Å². The van der Waals surface area contributed by atoms with Crippen molar-refractivity contribution in [1.29, 1.82) is 0 Å². The average molecular weight is 393 g/mol. The molecular weight excluding hydrogens is 380 g/mol. The molecule has 1 amide bonds. The highest BCUT2D eigenvalue weighted by Crippen LogP contribution is 2.26. The summed E-state index contributed by atoms with van der Waals surface area (Å²) in [6.45, 7) is -0.369. The number of benzene rings is 1. The van der Waals surface area contributed by atoms with Gasteiger partial charge in [-0.15, -0.1) is 11.3 Å². The van der Waals surface area contributed by atoms with Crippen LogP contribution in [0, 0.1) is 0 Å². The Bertz CT molecular complexity index is 878. The molecule has 0 aliphatic carbocycles. The lowest BCUT2D eigenvalue weighted by atomic mass is 10.3. The number of aromatic nitrogens is 1. The molecule has 8 heteroatoms. The fraction of sp³-hybridized carbons (Fsp3) is 0.118. The lowest BCUT2D eigenvalue weighted by Gasteiger charge is -2.07. The first-order valence-corrected chi connectivity index (χ1v) is 9.49. The maximum atomic E-state index is 11.9. The van der Waals surface area contributed by atoms with Crippen LogP contribution >= 0.6 is 34.3 Å². The van der Waals surface area contributed by atoms with Gasteiger partial charge in [-0.05, 0) is 23.6 Å². The molecule has 0 saturated heterocycles. The Labute approximate surface area is 157 Å². The lowest BCUT2D eigenvalue weighted by molar-refractivity contribution is -0.146. The van der Waals surface area contributed by atoms with Gasteiger partial charge in [0.2, 0.25) is 0 Å². The summed E-state index contributed by atoms with van der Waals surface area (Å²) < 4.78 is 4.99. The summed E-state index contributed by atoms with van der Waals surface area (Å²) in [7, 11) is 0. The van der Waals surface area contributed by atoms with Crippen LogP contribution in [0.4, 0.5) is 5.69 Å². The van der Waals surface area contributed by atoms with E-state index < -0.39 is 11.9 Å². The molecule has 0 aliphatic heterocycles. The molecular formula is C17H13ClN2O3S2. The minimum absolute atomic E-state index is 0.0278. The summed E-state index contributed by atoms with van der Waals surface area (Å²) in [6, 6.07) is 8.82. The monoisotopic (exact) mass is 392 g/mol. The molecule has 0 unspecified atom stereocenters. The summed E-state index contributed by atoms with van der Waals surface area (Å²) in [5, 5.41) is 9.67. The Morgan fingerprint density at radius 2 is 2.04 bits per heavy atom. The lowest BCUT2D eigenvalue weighted by Crippen LogP contribution is -2.21. The number of nitrogens with zero attached hydrogens (tertiary/aromatic N) is 1. The van der Waals surface area contributed by atoms with E-state index in [9.17, 15) is 9.59 Å². The first kappa shape index (κ1) is 17.6. The Hall–Kier alpha value is -2.22. The van der Waals surface area contributed by atoms with E-state index in [4.69, 9.17) is 16.3 Å².